The summed E-state index contributed by atoms with van der Waals surface area (Å²) in [6.07, 6.45) is 0. The molecule has 2 aromatic heterocycles. The minimum Gasteiger partial charge on any atom is -0.455 e. The Morgan fingerprint density at radius 2 is 0.661 bits per heavy atom. The number of para-hydroxylation sites is 1. The van der Waals surface area contributed by atoms with Crippen LogP contribution in [0.2, 0.25) is 0 Å². The van der Waals surface area contributed by atoms with E-state index in [1.165, 1.54) is 32.3 Å². The molecule has 12 rings (SSSR count). The van der Waals surface area contributed by atoms with Gasteiger partial charge in [0.1, 0.15) is 11.2 Å². The molecule has 0 spiro atoms. The predicted octanol–water partition coefficient (Wildman–Crippen LogP) is 14.7. The predicted molar refractivity (Wildman–Crippen MR) is 244 cm³/mol. The van der Waals surface area contributed by atoms with Crippen molar-refractivity contribution in [1.29, 1.82) is 0 Å². The summed E-state index contributed by atoms with van der Waals surface area (Å²) in [5.41, 5.74) is 9.06. The van der Waals surface area contributed by atoms with E-state index >= 15 is 0 Å². The van der Waals surface area contributed by atoms with Crippen LogP contribution < -0.4 is 0 Å². The highest BCUT2D eigenvalue weighted by molar-refractivity contribution is 6.26. The summed E-state index contributed by atoms with van der Waals surface area (Å²) in [6.45, 7) is 0. The smallest absolute Gasteiger partial charge is 0.164 e. The van der Waals surface area contributed by atoms with Crippen molar-refractivity contribution in [3.8, 4) is 56.4 Å². The van der Waals surface area contributed by atoms with Gasteiger partial charge in [0.05, 0.1) is 0 Å². The molecule has 0 radical (unpaired) electrons. The van der Waals surface area contributed by atoms with Crippen molar-refractivity contribution in [3.05, 3.63) is 200 Å². The molecule has 12 aromatic rings. The van der Waals surface area contributed by atoms with Crippen LogP contribution in [0.4, 0.5) is 0 Å². The number of nitrogens with zero attached hydrogens (tertiary/aromatic N) is 3. The Morgan fingerprint density at radius 1 is 0.237 bits per heavy atom. The van der Waals surface area contributed by atoms with Gasteiger partial charge in [-0.3, -0.25) is 0 Å². The second kappa shape index (κ2) is 13.3. The molecule has 274 valence electrons. The lowest BCUT2D eigenvalue weighted by atomic mass is 9.91. The first-order valence-corrected chi connectivity index (χ1v) is 19.9. The van der Waals surface area contributed by atoms with E-state index in [2.05, 4.69) is 140 Å². The van der Waals surface area contributed by atoms with Crippen molar-refractivity contribution < 1.29 is 4.42 Å². The Balaban J connectivity index is 0.996. The van der Waals surface area contributed by atoms with E-state index in [-0.39, 0.29) is 0 Å². The van der Waals surface area contributed by atoms with E-state index in [4.69, 9.17) is 19.4 Å². The zero-order valence-corrected chi connectivity index (χ0v) is 31.8. The van der Waals surface area contributed by atoms with Gasteiger partial charge in [0.2, 0.25) is 0 Å². The number of hydrogen-bond donors (Lipinski definition) is 0. The van der Waals surface area contributed by atoms with Crippen LogP contribution in [0.15, 0.2) is 205 Å². The molecule has 0 unspecified atom stereocenters. The lowest BCUT2D eigenvalue weighted by molar-refractivity contribution is 0.674. The van der Waals surface area contributed by atoms with Crippen LogP contribution in [0.25, 0.3) is 121 Å². The summed E-state index contributed by atoms with van der Waals surface area (Å²) in [6, 6.07) is 70.5. The van der Waals surface area contributed by atoms with E-state index in [1.807, 2.05) is 60.7 Å². The van der Waals surface area contributed by atoms with Gasteiger partial charge in [0, 0.05) is 38.4 Å². The van der Waals surface area contributed by atoms with Crippen LogP contribution in [-0.4, -0.2) is 15.0 Å². The largest absolute Gasteiger partial charge is 0.455 e. The standard InChI is InChI=1S/C55H33N3O/c1-3-14-35(15-4-1)53-56-54(36-16-5-2-6-17-36)58-55(57-53)37-28-26-34(27-29-37)48-33-50-47-25-13-24-39(51(47)59-52(50)46-23-12-11-22-44(46)48)38-30-31-45-42-20-8-7-18-40(42)41-19-9-10-21-43(41)49(45)32-38/h1-33H. The average Bonchev–Trinajstić information content (AvgIpc) is 3.71. The number of furan rings is 1. The van der Waals surface area contributed by atoms with E-state index < -0.39 is 0 Å². The third kappa shape index (κ3) is 5.42. The average molecular weight is 752 g/mol. The van der Waals surface area contributed by atoms with Crippen molar-refractivity contribution in [2.24, 2.45) is 0 Å². The second-order valence-corrected chi connectivity index (χ2v) is 15.1. The van der Waals surface area contributed by atoms with Crippen molar-refractivity contribution in [3.63, 3.8) is 0 Å². The summed E-state index contributed by atoms with van der Waals surface area (Å²) in [5.74, 6) is 1.92. The molecule has 0 amide bonds. The summed E-state index contributed by atoms with van der Waals surface area (Å²) in [5, 5.41) is 12.0. The Kier molecular flexibility index (Phi) is 7.50. The summed E-state index contributed by atoms with van der Waals surface area (Å²) >= 11 is 0. The number of hydrogen-bond acceptors (Lipinski definition) is 4. The quantitative estimate of drug-likeness (QED) is 0.164. The molecular weight excluding hydrogens is 719 g/mol. The Morgan fingerprint density at radius 3 is 1.25 bits per heavy atom. The third-order valence-electron chi connectivity index (χ3n) is 11.7. The van der Waals surface area contributed by atoms with Gasteiger partial charge in [-0.05, 0) is 66.5 Å². The van der Waals surface area contributed by atoms with Crippen molar-refractivity contribution in [2.75, 3.05) is 0 Å². The molecule has 0 bridgehead atoms. The molecule has 4 nitrogen and oxygen atoms in total. The van der Waals surface area contributed by atoms with Gasteiger partial charge < -0.3 is 4.42 Å². The highest BCUT2D eigenvalue weighted by atomic mass is 16.3. The van der Waals surface area contributed by atoms with Crippen LogP contribution >= 0.6 is 0 Å². The molecule has 10 aromatic carbocycles. The lowest BCUT2D eigenvalue weighted by Gasteiger charge is -2.12. The second-order valence-electron chi connectivity index (χ2n) is 15.1. The number of rotatable bonds is 5. The zero-order valence-electron chi connectivity index (χ0n) is 31.8. The van der Waals surface area contributed by atoms with Crippen LogP contribution in [0, 0.1) is 0 Å². The molecule has 0 aliphatic carbocycles. The maximum Gasteiger partial charge on any atom is 0.164 e. The normalized spacial score (nSPS) is 11.7. The van der Waals surface area contributed by atoms with Gasteiger partial charge in [-0.1, -0.05) is 188 Å². The Hall–Kier alpha value is -7.95. The van der Waals surface area contributed by atoms with Gasteiger partial charge >= 0.3 is 0 Å². The van der Waals surface area contributed by atoms with Crippen LogP contribution in [0.5, 0.6) is 0 Å². The fraction of sp³-hybridized carbons (Fsp3) is 0. The van der Waals surface area contributed by atoms with Crippen LogP contribution in [-0.2, 0) is 0 Å². The summed E-state index contributed by atoms with van der Waals surface area (Å²) in [7, 11) is 0. The third-order valence-corrected chi connectivity index (χ3v) is 11.7. The molecule has 0 aliphatic rings. The molecule has 59 heavy (non-hydrogen) atoms. The minimum atomic E-state index is 0.632. The number of benzene rings is 10. The molecule has 0 saturated heterocycles. The van der Waals surface area contributed by atoms with E-state index in [1.54, 1.807) is 0 Å². The first-order valence-electron chi connectivity index (χ1n) is 19.9. The van der Waals surface area contributed by atoms with Crippen molar-refractivity contribution in [1.82, 2.24) is 15.0 Å². The SMILES string of the molecule is c1ccc(-c2nc(-c3ccccc3)nc(-c3ccc(-c4cc5c6cccc(-c7ccc8c9ccccc9c9ccccc9c8c7)c6oc5c5ccccc45)cc3)n2)cc1. The molecule has 0 aliphatic heterocycles. The van der Waals surface area contributed by atoms with E-state index in [0.29, 0.717) is 17.5 Å². The first kappa shape index (κ1) is 33.2. The van der Waals surface area contributed by atoms with Crippen molar-refractivity contribution in [2.45, 2.75) is 0 Å². The Bertz CT molecular complexity index is 3500. The zero-order chi connectivity index (χ0) is 38.9. The van der Waals surface area contributed by atoms with Gasteiger partial charge in [-0.15, -0.1) is 0 Å². The molecule has 0 fully saturated rings. The topological polar surface area (TPSA) is 51.8 Å². The van der Waals surface area contributed by atoms with Crippen LogP contribution in [0.3, 0.4) is 0 Å². The van der Waals surface area contributed by atoms with Crippen molar-refractivity contribution >= 4 is 65.0 Å². The monoisotopic (exact) mass is 751 g/mol. The molecular formula is C55H33N3O. The number of aromatic nitrogens is 3. The lowest BCUT2D eigenvalue weighted by Crippen LogP contribution is -2.00. The molecule has 2 heterocycles. The number of fused-ring (bicyclic) bond motifs is 11. The highest BCUT2D eigenvalue weighted by Gasteiger charge is 2.19. The van der Waals surface area contributed by atoms with Crippen LogP contribution in [0.1, 0.15) is 0 Å². The fourth-order valence-corrected chi connectivity index (χ4v) is 8.90. The maximum atomic E-state index is 6.96. The molecule has 0 N–H and O–H groups in total. The first-order chi connectivity index (χ1) is 29.2. The minimum absolute atomic E-state index is 0.632. The highest BCUT2D eigenvalue weighted by Crippen LogP contribution is 2.44. The summed E-state index contributed by atoms with van der Waals surface area (Å²) in [4.78, 5) is 14.8. The van der Waals surface area contributed by atoms with E-state index in [9.17, 15) is 0 Å². The van der Waals surface area contributed by atoms with Gasteiger partial charge in [-0.2, -0.15) is 0 Å². The fourth-order valence-electron chi connectivity index (χ4n) is 8.90. The summed E-state index contributed by atoms with van der Waals surface area (Å²) < 4.78 is 6.96. The molecule has 0 saturated carbocycles. The molecule has 0 atom stereocenters. The van der Waals surface area contributed by atoms with E-state index in [0.717, 1.165) is 71.7 Å². The van der Waals surface area contributed by atoms with Gasteiger partial charge in [0.15, 0.2) is 17.5 Å². The molecule has 4 heteroatoms. The maximum absolute atomic E-state index is 6.96. The van der Waals surface area contributed by atoms with Gasteiger partial charge in [0.25, 0.3) is 0 Å². The Labute approximate surface area is 339 Å². The van der Waals surface area contributed by atoms with Gasteiger partial charge in [-0.25, -0.2) is 15.0 Å².